The third kappa shape index (κ3) is 5.74. The van der Waals surface area contributed by atoms with Crippen LogP contribution >= 0.6 is 11.3 Å². The highest BCUT2D eigenvalue weighted by Crippen LogP contribution is 2.10. The maximum absolute atomic E-state index is 12.2. The van der Waals surface area contributed by atoms with Crippen molar-refractivity contribution in [3.8, 4) is 0 Å². The van der Waals surface area contributed by atoms with Crippen molar-refractivity contribution in [1.82, 2.24) is 4.90 Å². The molecule has 1 aromatic rings. The normalized spacial score (nSPS) is 11.8. The number of nitrogens with zero attached hydrogens (tertiary/aromatic N) is 2. The van der Waals surface area contributed by atoms with Gasteiger partial charge in [0, 0.05) is 19.5 Å². The number of nitrogens with two attached hydrogens (primary N) is 1. The second-order valence-electron chi connectivity index (χ2n) is 4.88. The van der Waals surface area contributed by atoms with Crippen LogP contribution in [0.1, 0.15) is 25.8 Å². The first-order valence-corrected chi connectivity index (χ1v) is 7.22. The summed E-state index contributed by atoms with van der Waals surface area (Å²) in [5, 5.41) is 15.4. The molecule has 0 fully saturated rings. The van der Waals surface area contributed by atoms with Crippen LogP contribution in [0.25, 0.3) is 0 Å². The van der Waals surface area contributed by atoms with Gasteiger partial charge in [-0.15, -0.1) is 0 Å². The predicted octanol–water partition coefficient (Wildman–Crippen LogP) is 1.91. The smallest absolute Gasteiger partial charge is 0.227 e. The van der Waals surface area contributed by atoms with Crippen molar-refractivity contribution in [2.45, 2.75) is 26.7 Å². The van der Waals surface area contributed by atoms with E-state index in [1.807, 2.05) is 16.8 Å². The molecular formula is C13H21N3O2S. The molecule has 3 N–H and O–H groups in total. The molecule has 1 heterocycles. The number of rotatable bonds is 7. The van der Waals surface area contributed by atoms with E-state index in [4.69, 9.17) is 10.9 Å². The molecule has 0 unspecified atom stereocenters. The fourth-order valence-electron chi connectivity index (χ4n) is 1.74. The summed E-state index contributed by atoms with van der Waals surface area (Å²) in [4.78, 5) is 14.0. The number of hydrogen-bond donors (Lipinski definition) is 2. The Morgan fingerprint density at radius 1 is 1.58 bits per heavy atom. The van der Waals surface area contributed by atoms with Crippen LogP contribution < -0.4 is 5.73 Å². The predicted molar refractivity (Wildman–Crippen MR) is 77.5 cm³/mol. The van der Waals surface area contributed by atoms with Gasteiger partial charge in [0.1, 0.15) is 5.84 Å². The summed E-state index contributed by atoms with van der Waals surface area (Å²) in [5.41, 5.74) is 6.49. The van der Waals surface area contributed by atoms with Gasteiger partial charge in [-0.05, 0) is 28.3 Å². The summed E-state index contributed by atoms with van der Waals surface area (Å²) < 4.78 is 0. The van der Waals surface area contributed by atoms with Crippen molar-refractivity contribution in [2.24, 2.45) is 16.8 Å². The van der Waals surface area contributed by atoms with Gasteiger partial charge in [-0.25, -0.2) is 0 Å². The maximum atomic E-state index is 12.2. The highest BCUT2D eigenvalue weighted by molar-refractivity contribution is 7.07. The van der Waals surface area contributed by atoms with Crippen molar-refractivity contribution in [3.63, 3.8) is 0 Å². The Hall–Kier alpha value is -1.56. The Morgan fingerprint density at radius 3 is 2.84 bits per heavy atom. The molecule has 19 heavy (non-hydrogen) atoms. The first-order chi connectivity index (χ1) is 9.02. The van der Waals surface area contributed by atoms with Gasteiger partial charge < -0.3 is 15.8 Å². The Balaban J connectivity index is 2.59. The van der Waals surface area contributed by atoms with E-state index in [0.29, 0.717) is 31.8 Å². The van der Waals surface area contributed by atoms with Gasteiger partial charge in [-0.2, -0.15) is 11.3 Å². The molecule has 1 rings (SSSR count). The molecule has 1 aromatic heterocycles. The summed E-state index contributed by atoms with van der Waals surface area (Å²) in [7, 11) is 0. The zero-order valence-electron chi connectivity index (χ0n) is 11.4. The summed E-state index contributed by atoms with van der Waals surface area (Å²) >= 11 is 1.59. The highest BCUT2D eigenvalue weighted by atomic mass is 32.1. The number of oxime groups is 1. The molecule has 1 amide bonds. The van der Waals surface area contributed by atoms with Gasteiger partial charge in [-0.1, -0.05) is 19.0 Å². The number of hydrogen-bond acceptors (Lipinski definition) is 4. The van der Waals surface area contributed by atoms with E-state index < -0.39 is 0 Å². The summed E-state index contributed by atoms with van der Waals surface area (Å²) in [6.45, 7) is 5.29. The van der Waals surface area contributed by atoms with E-state index in [-0.39, 0.29) is 11.7 Å². The molecular weight excluding hydrogens is 262 g/mol. The number of carbonyl (C=O) groups excluding carboxylic acids is 1. The lowest BCUT2D eigenvalue weighted by atomic mass is 10.1. The Bertz CT molecular complexity index is 416. The van der Waals surface area contributed by atoms with Crippen LogP contribution in [0.4, 0.5) is 0 Å². The summed E-state index contributed by atoms with van der Waals surface area (Å²) in [5.74, 6) is 0.619. The number of thiophene rings is 1. The van der Waals surface area contributed by atoms with Crippen LogP contribution in [0.15, 0.2) is 22.0 Å². The number of carbonyl (C=O) groups is 1. The van der Waals surface area contributed by atoms with Crippen LogP contribution in [0.5, 0.6) is 0 Å². The van der Waals surface area contributed by atoms with Crippen molar-refractivity contribution in [3.05, 3.63) is 22.4 Å². The molecule has 0 aromatic carbocycles. The van der Waals surface area contributed by atoms with E-state index >= 15 is 0 Å². The second kappa shape index (κ2) is 7.78. The van der Waals surface area contributed by atoms with Crippen LogP contribution in [0, 0.1) is 5.92 Å². The van der Waals surface area contributed by atoms with E-state index in [0.717, 1.165) is 5.56 Å². The molecule has 0 bridgehead atoms. The average Bonchev–Trinajstić information content (AvgIpc) is 2.86. The highest BCUT2D eigenvalue weighted by Gasteiger charge is 2.16. The zero-order chi connectivity index (χ0) is 14.3. The molecule has 6 heteroatoms. The first kappa shape index (κ1) is 15.5. The molecule has 0 aliphatic rings. The van der Waals surface area contributed by atoms with Crippen molar-refractivity contribution in [2.75, 3.05) is 13.1 Å². The molecule has 0 atom stereocenters. The standard InChI is InChI=1S/C13H21N3O2S/c1-10(2)8-16(5-3-12(14)15-18)13(17)7-11-4-6-19-9-11/h4,6,9-10,18H,3,5,7-8H2,1-2H3,(H2,14,15). The summed E-state index contributed by atoms with van der Waals surface area (Å²) in [6.07, 6.45) is 0.797. The van der Waals surface area contributed by atoms with Crippen LogP contribution in [0.2, 0.25) is 0 Å². The van der Waals surface area contributed by atoms with Crippen LogP contribution in [-0.4, -0.2) is 34.9 Å². The van der Waals surface area contributed by atoms with E-state index in [2.05, 4.69) is 19.0 Å². The third-order valence-electron chi connectivity index (χ3n) is 2.64. The molecule has 0 radical (unpaired) electrons. The van der Waals surface area contributed by atoms with Crippen molar-refractivity contribution < 1.29 is 10.0 Å². The van der Waals surface area contributed by atoms with Gasteiger partial charge in [0.15, 0.2) is 0 Å². The minimum Gasteiger partial charge on any atom is -0.409 e. The van der Waals surface area contributed by atoms with Crippen molar-refractivity contribution >= 4 is 23.1 Å². The molecule has 0 saturated carbocycles. The van der Waals surface area contributed by atoms with Crippen molar-refractivity contribution in [1.29, 1.82) is 0 Å². The molecule has 5 nitrogen and oxygen atoms in total. The fraction of sp³-hybridized carbons (Fsp3) is 0.538. The number of amidine groups is 1. The Labute approximate surface area is 117 Å². The minimum atomic E-state index is 0.0813. The average molecular weight is 283 g/mol. The molecule has 0 aliphatic carbocycles. The SMILES string of the molecule is CC(C)CN(CCC(N)=NO)C(=O)Cc1ccsc1. The monoisotopic (exact) mass is 283 g/mol. The lowest BCUT2D eigenvalue weighted by molar-refractivity contribution is -0.130. The van der Waals surface area contributed by atoms with E-state index in [1.54, 1.807) is 16.2 Å². The maximum Gasteiger partial charge on any atom is 0.227 e. The topological polar surface area (TPSA) is 78.9 Å². The van der Waals surface area contributed by atoms with Gasteiger partial charge >= 0.3 is 0 Å². The largest absolute Gasteiger partial charge is 0.409 e. The van der Waals surface area contributed by atoms with Crippen LogP contribution in [-0.2, 0) is 11.2 Å². The van der Waals surface area contributed by atoms with Gasteiger partial charge in [0.2, 0.25) is 5.91 Å². The number of amides is 1. The lowest BCUT2D eigenvalue weighted by Crippen LogP contribution is -2.37. The Morgan fingerprint density at radius 2 is 2.32 bits per heavy atom. The van der Waals surface area contributed by atoms with E-state index in [9.17, 15) is 4.79 Å². The Kier molecular flexibility index (Phi) is 6.35. The molecule has 0 spiro atoms. The summed E-state index contributed by atoms with van der Waals surface area (Å²) in [6, 6.07) is 1.96. The van der Waals surface area contributed by atoms with E-state index in [1.165, 1.54) is 0 Å². The fourth-order valence-corrected chi connectivity index (χ4v) is 2.41. The third-order valence-corrected chi connectivity index (χ3v) is 3.37. The quantitative estimate of drug-likeness (QED) is 0.347. The molecule has 0 aliphatic heterocycles. The molecule has 0 saturated heterocycles. The minimum absolute atomic E-state index is 0.0813. The zero-order valence-corrected chi connectivity index (χ0v) is 12.2. The van der Waals surface area contributed by atoms with Gasteiger partial charge in [-0.3, -0.25) is 4.79 Å². The second-order valence-corrected chi connectivity index (χ2v) is 5.66. The van der Waals surface area contributed by atoms with Gasteiger partial charge in [0.25, 0.3) is 0 Å². The lowest BCUT2D eigenvalue weighted by Gasteiger charge is -2.24. The molecule has 106 valence electrons. The van der Waals surface area contributed by atoms with Gasteiger partial charge in [0.05, 0.1) is 6.42 Å². The first-order valence-electron chi connectivity index (χ1n) is 6.28. The van der Waals surface area contributed by atoms with Crippen LogP contribution in [0.3, 0.4) is 0 Å².